The first-order chi connectivity index (χ1) is 12.6. The summed E-state index contributed by atoms with van der Waals surface area (Å²) in [5.74, 6) is 2.25. The molecule has 0 N–H and O–H groups in total. The lowest BCUT2D eigenvalue weighted by Crippen LogP contribution is -2.52. The van der Waals surface area contributed by atoms with Crippen molar-refractivity contribution in [1.29, 1.82) is 0 Å². The van der Waals surface area contributed by atoms with Gasteiger partial charge in [-0.05, 0) is 74.8 Å². The fourth-order valence-electron chi connectivity index (χ4n) is 6.34. The molecule has 0 saturated heterocycles. The summed E-state index contributed by atoms with van der Waals surface area (Å²) in [5, 5.41) is 0. The molecule has 0 aliphatic heterocycles. The van der Waals surface area contributed by atoms with Gasteiger partial charge in [0.25, 0.3) is 0 Å². The fourth-order valence-corrected chi connectivity index (χ4v) is 17.9. The van der Waals surface area contributed by atoms with Crippen LogP contribution in [0, 0.1) is 11.8 Å². The summed E-state index contributed by atoms with van der Waals surface area (Å²) in [5.41, 5.74) is 1.31. The predicted octanol–water partition coefficient (Wildman–Crippen LogP) is 6.49. The van der Waals surface area contributed by atoms with Crippen LogP contribution in [0.25, 0.3) is 0 Å². The molecule has 2 rings (SSSR count). The van der Waals surface area contributed by atoms with Crippen LogP contribution in [-0.4, -0.2) is 28.2 Å². The van der Waals surface area contributed by atoms with Crippen LogP contribution in [-0.2, 0) is 13.7 Å². The molecule has 0 aromatic carbocycles. The Morgan fingerprint density at radius 2 is 1.04 bits per heavy atom. The van der Waals surface area contributed by atoms with Crippen LogP contribution < -0.4 is 0 Å². The first-order valence-electron chi connectivity index (χ1n) is 11.3. The van der Waals surface area contributed by atoms with Gasteiger partial charge in [0.2, 0.25) is 0 Å². The fraction of sp³-hybridized carbons (Fsp3) is 0.909. The van der Waals surface area contributed by atoms with Gasteiger partial charge in [0.1, 0.15) is 11.6 Å². The predicted molar refractivity (Wildman–Crippen MR) is 118 cm³/mol. The average Bonchev–Trinajstić information content (AvgIpc) is 2.58. The zero-order valence-electron chi connectivity index (χ0n) is 18.6. The van der Waals surface area contributed by atoms with Crippen LogP contribution in [0.3, 0.4) is 0 Å². The summed E-state index contributed by atoms with van der Waals surface area (Å²) in [6.45, 7) is 14.4. The van der Waals surface area contributed by atoms with Crippen molar-refractivity contribution >= 4 is 28.2 Å². The van der Waals surface area contributed by atoms with Gasteiger partial charge in [-0.15, -0.1) is 0 Å². The van der Waals surface area contributed by atoms with E-state index < -0.39 is 16.6 Å². The highest BCUT2D eigenvalue weighted by molar-refractivity contribution is 6.86. The van der Waals surface area contributed by atoms with E-state index in [1.807, 2.05) is 0 Å². The topological polar surface area (TPSA) is 43.4 Å². The van der Waals surface area contributed by atoms with Crippen molar-refractivity contribution in [2.45, 2.75) is 115 Å². The minimum absolute atomic E-state index is 0.453. The lowest BCUT2D eigenvalue weighted by Gasteiger charge is -2.47. The number of ketones is 2. The first-order valence-corrected chi connectivity index (χ1v) is 17.3. The number of Topliss-reactive ketones (excluding diaryl/α,β-unsaturated/α-hetero) is 2. The molecule has 0 spiro atoms. The zero-order chi connectivity index (χ0) is 20.2. The first kappa shape index (κ1) is 23.0. The van der Waals surface area contributed by atoms with Gasteiger partial charge in [0.15, 0.2) is 16.6 Å². The molecule has 0 amide bonds. The zero-order valence-corrected chi connectivity index (χ0v) is 20.6. The Hall–Kier alpha value is -0.266. The van der Waals surface area contributed by atoms with Crippen LogP contribution in [0.15, 0.2) is 0 Å². The summed E-state index contributed by atoms with van der Waals surface area (Å²) < 4.78 is 7.20. The summed E-state index contributed by atoms with van der Waals surface area (Å²) in [6, 6.07) is 0. The molecular weight excluding hydrogens is 368 g/mol. The minimum Gasteiger partial charge on any atom is -0.455 e. The molecule has 0 bridgehead atoms. The monoisotopic (exact) mass is 410 g/mol. The average molecular weight is 411 g/mol. The molecule has 2 aliphatic carbocycles. The molecule has 2 atom stereocenters. The van der Waals surface area contributed by atoms with Crippen LogP contribution in [0.1, 0.15) is 78.1 Å². The molecule has 0 heterocycles. The molecule has 0 aromatic rings. The van der Waals surface area contributed by atoms with Gasteiger partial charge in [0, 0.05) is 25.7 Å². The molecular formula is C22H42O3Si2. The SMILES string of the molecule is CCC(C1CCC(=O)CC1)[Si](C)(C)O[Si](C)(C)C(CC)C1CCC(=O)CC1. The van der Waals surface area contributed by atoms with Gasteiger partial charge in [-0.3, -0.25) is 9.59 Å². The van der Waals surface area contributed by atoms with Crippen molar-refractivity contribution in [3.05, 3.63) is 0 Å². The number of hydrogen-bond donors (Lipinski definition) is 0. The smallest absolute Gasteiger partial charge is 0.176 e. The van der Waals surface area contributed by atoms with Gasteiger partial charge < -0.3 is 4.12 Å². The second kappa shape index (κ2) is 9.49. The van der Waals surface area contributed by atoms with Crippen molar-refractivity contribution in [3.63, 3.8) is 0 Å². The van der Waals surface area contributed by atoms with Crippen molar-refractivity contribution in [3.8, 4) is 0 Å². The molecule has 0 aromatic heterocycles. The van der Waals surface area contributed by atoms with E-state index in [0.29, 0.717) is 34.5 Å². The van der Waals surface area contributed by atoms with Gasteiger partial charge in [-0.25, -0.2) is 0 Å². The maximum atomic E-state index is 11.7. The standard InChI is InChI=1S/C22H42O3Si2/c1-7-21(17-9-13-19(23)14-10-17)26(3,4)25-27(5,6)22(8-2)18-11-15-20(24)16-12-18/h17-18,21-22H,7-16H2,1-6H3. The Morgan fingerprint density at radius 3 is 1.30 bits per heavy atom. The van der Waals surface area contributed by atoms with E-state index in [9.17, 15) is 9.59 Å². The molecule has 2 fully saturated rings. The van der Waals surface area contributed by atoms with Crippen LogP contribution in [0.5, 0.6) is 0 Å². The molecule has 3 nitrogen and oxygen atoms in total. The van der Waals surface area contributed by atoms with Crippen LogP contribution >= 0.6 is 0 Å². The summed E-state index contributed by atoms with van der Waals surface area (Å²) in [7, 11) is -3.70. The number of carbonyl (C=O) groups excluding carboxylic acids is 2. The Balaban J connectivity index is 2.09. The molecule has 5 heteroatoms. The molecule has 2 aliphatic rings. The van der Waals surface area contributed by atoms with Crippen molar-refractivity contribution in [2.24, 2.45) is 11.8 Å². The summed E-state index contributed by atoms with van der Waals surface area (Å²) in [4.78, 5) is 23.4. The third-order valence-corrected chi connectivity index (χ3v) is 17.0. The van der Waals surface area contributed by atoms with Crippen LogP contribution in [0.2, 0.25) is 37.3 Å². The molecule has 156 valence electrons. The lowest BCUT2D eigenvalue weighted by molar-refractivity contribution is -0.121. The normalized spacial score (nSPS) is 23.5. The Labute approximate surface area is 169 Å². The second-order valence-corrected chi connectivity index (χ2v) is 18.8. The Kier molecular flexibility index (Phi) is 8.09. The number of rotatable bonds is 8. The quantitative estimate of drug-likeness (QED) is 0.429. The van der Waals surface area contributed by atoms with Crippen molar-refractivity contribution < 1.29 is 13.7 Å². The van der Waals surface area contributed by atoms with Gasteiger partial charge >= 0.3 is 0 Å². The number of hydrogen-bond acceptors (Lipinski definition) is 3. The molecule has 2 unspecified atom stereocenters. The van der Waals surface area contributed by atoms with Gasteiger partial charge in [-0.1, -0.05) is 26.7 Å². The van der Waals surface area contributed by atoms with Gasteiger partial charge in [-0.2, -0.15) is 0 Å². The van der Waals surface area contributed by atoms with E-state index in [1.165, 1.54) is 12.8 Å². The Morgan fingerprint density at radius 1 is 0.741 bits per heavy atom. The maximum absolute atomic E-state index is 11.7. The lowest BCUT2D eigenvalue weighted by atomic mass is 9.85. The largest absolute Gasteiger partial charge is 0.455 e. The van der Waals surface area contributed by atoms with Crippen LogP contribution in [0.4, 0.5) is 0 Å². The van der Waals surface area contributed by atoms with E-state index in [1.54, 1.807) is 0 Å². The van der Waals surface area contributed by atoms with E-state index >= 15 is 0 Å². The highest BCUT2D eigenvalue weighted by Gasteiger charge is 2.46. The van der Waals surface area contributed by atoms with E-state index in [2.05, 4.69) is 40.0 Å². The maximum Gasteiger partial charge on any atom is 0.176 e. The minimum atomic E-state index is -1.85. The molecule has 27 heavy (non-hydrogen) atoms. The molecule has 0 radical (unpaired) electrons. The second-order valence-electron chi connectivity index (χ2n) is 10.1. The highest BCUT2D eigenvalue weighted by Crippen LogP contribution is 2.46. The van der Waals surface area contributed by atoms with Crippen molar-refractivity contribution in [2.75, 3.05) is 0 Å². The Bertz CT molecular complexity index is 464. The number of carbonyl (C=O) groups is 2. The van der Waals surface area contributed by atoms with E-state index in [0.717, 1.165) is 51.4 Å². The molecule has 2 saturated carbocycles. The summed E-state index contributed by atoms with van der Waals surface area (Å²) >= 11 is 0. The summed E-state index contributed by atoms with van der Waals surface area (Å²) in [6.07, 6.45) is 9.75. The third kappa shape index (κ3) is 5.86. The van der Waals surface area contributed by atoms with Gasteiger partial charge in [0.05, 0.1) is 0 Å². The highest BCUT2D eigenvalue weighted by atomic mass is 28.4. The van der Waals surface area contributed by atoms with Crippen molar-refractivity contribution in [1.82, 2.24) is 0 Å². The third-order valence-electron chi connectivity index (χ3n) is 7.51. The van der Waals surface area contributed by atoms with E-state index in [4.69, 9.17) is 4.12 Å². The van der Waals surface area contributed by atoms with E-state index in [-0.39, 0.29) is 0 Å².